The highest BCUT2D eigenvalue weighted by molar-refractivity contribution is 5.53. The molecular formula is C18H17NO2. The zero-order valence-corrected chi connectivity index (χ0v) is 12.2. The first-order chi connectivity index (χ1) is 10.2. The number of para-hydroxylation sites is 1. The smallest absolute Gasteiger partial charge is 0.226 e. The summed E-state index contributed by atoms with van der Waals surface area (Å²) in [6.07, 6.45) is 0. The maximum atomic E-state index is 5.83. The molecule has 0 spiro atoms. The predicted molar refractivity (Wildman–Crippen MR) is 82.2 cm³/mol. The highest BCUT2D eigenvalue weighted by Crippen LogP contribution is 2.23. The van der Waals surface area contributed by atoms with Gasteiger partial charge in [0.15, 0.2) is 0 Å². The number of benzene rings is 2. The first kappa shape index (κ1) is 13.4. The van der Waals surface area contributed by atoms with Crippen LogP contribution in [0.25, 0.3) is 11.5 Å². The van der Waals surface area contributed by atoms with Crippen molar-refractivity contribution in [2.75, 3.05) is 0 Å². The molecule has 0 aliphatic carbocycles. The summed E-state index contributed by atoms with van der Waals surface area (Å²) in [5, 5.41) is 0. The van der Waals surface area contributed by atoms with E-state index in [0.717, 1.165) is 28.3 Å². The molecule has 0 aliphatic rings. The van der Waals surface area contributed by atoms with Crippen LogP contribution < -0.4 is 4.74 Å². The number of hydrogen-bond acceptors (Lipinski definition) is 3. The number of aryl methyl sites for hydroxylation is 2. The monoisotopic (exact) mass is 279 g/mol. The average Bonchev–Trinajstić information content (AvgIpc) is 2.89. The van der Waals surface area contributed by atoms with Crippen LogP contribution in [0.3, 0.4) is 0 Å². The zero-order valence-electron chi connectivity index (χ0n) is 12.2. The molecule has 0 bridgehead atoms. The summed E-state index contributed by atoms with van der Waals surface area (Å²) in [4.78, 5) is 4.53. The van der Waals surface area contributed by atoms with E-state index in [9.17, 15) is 0 Å². The van der Waals surface area contributed by atoms with Crippen molar-refractivity contribution in [3.05, 3.63) is 71.6 Å². The predicted octanol–water partition coefficient (Wildman–Crippen LogP) is 4.54. The van der Waals surface area contributed by atoms with Gasteiger partial charge in [0.1, 0.15) is 23.8 Å². The Morgan fingerprint density at radius 3 is 2.43 bits per heavy atom. The second-order valence-corrected chi connectivity index (χ2v) is 4.94. The summed E-state index contributed by atoms with van der Waals surface area (Å²) >= 11 is 0. The van der Waals surface area contributed by atoms with E-state index in [4.69, 9.17) is 9.15 Å². The molecule has 3 aromatic rings. The second kappa shape index (κ2) is 5.83. The van der Waals surface area contributed by atoms with Crippen molar-refractivity contribution in [1.82, 2.24) is 4.98 Å². The van der Waals surface area contributed by atoms with Crippen molar-refractivity contribution in [3.63, 3.8) is 0 Å². The van der Waals surface area contributed by atoms with Gasteiger partial charge in [-0.3, -0.25) is 0 Å². The van der Waals surface area contributed by atoms with Crippen LogP contribution in [0.5, 0.6) is 5.75 Å². The molecule has 0 N–H and O–H groups in total. The fourth-order valence-electron chi connectivity index (χ4n) is 2.13. The minimum atomic E-state index is 0.410. The quantitative estimate of drug-likeness (QED) is 0.703. The second-order valence-electron chi connectivity index (χ2n) is 4.94. The van der Waals surface area contributed by atoms with Crippen LogP contribution in [0.4, 0.5) is 0 Å². The molecule has 0 amide bonds. The van der Waals surface area contributed by atoms with Gasteiger partial charge in [-0.05, 0) is 37.6 Å². The van der Waals surface area contributed by atoms with Crippen molar-refractivity contribution in [3.8, 4) is 17.2 Å². The number of oxazole rings is 1. The molecule has 3 nitrogen and oxygen atoms in total. The Morgan fingerprint density at radius 2 is 1.67 bits per heavy atom. The average molecular weight is 279 g/mol. The van der Waals surface area contributed by atoms with Crippen LogP contribution >= 0.6 is 0 Å². The van der Waals surface area contributed by atoms with Crippen molar-refractivity contribution >= 4 is 0 Å². The largest absolute Gasteiger partial charge is 0.487 e. The van der Waals surface area contributed by atoms with E-state index in [1.54, 1.807) is 0 Å². The highest BCUT2D eigenvalue weighted by Gasteiger charge is 2.12. The molecule has 0 saturated carbocycles. The molecule has 0 radical (unpaired) electrons. The Bertz CT molecular complexity index is 732. The van der Waals surface area contributed by atoms with Gasteiger partial charge >= 0.3 is 0 Å². The van der Waals surface area contributed by atoms with Gasteiger partial charge in [0, 0.05) is 5.56 Å². The third-order valence-corrected chi connectivity index (χ3v) is 3.37. The minimum absolute atomic E-state index is 0.410. The molecule has 0 aliphatic heterocycles. The lowest BCUT2D eigenvalue weighted by atomic mass is 10.2. The first-order valence-electron chi connectivity index (χ1n) is 6.94. The van der Waals surface area contributed by atoms with E-state index in [0.29, 0.717) is 12.5 Å². The van der Waals surface area contributed by atoms with E-state index >= 15 is 0 Å². The van der Waals surface area contributed by atoms with E-state index in [1.165, 1.54) is 0 Å². The van der Waals surface area contributed by atoms with Gasteiger partial charge in [0.05, 0.1) is 0 Å². The highest BCUT2D eigenvalue weighted by atomic mass is 16.5. The summed E-state index contributed by atoms with van der Waals surface area (Å²) in [5.41, 5.74) is 2.92. The maximum Gasteiger partial charge on any atom is 0.226 e. The third kappa shape index (κ3) is 2.97. The summed E-state index contributed by atoms with van der Waals surface area (Å²) in [6.45, 7) is 4.35. The van der Waals surface area contributed by atoms with E-state index < -0.39 is 0 Å². The Labute approximate surface area is 124 Å². The van der Waals surface area contributed by atoms with Gasteiger partial charge in [0.2, 0.25) is 5.89 Å². The standard InChI is InChI=1S/C18H17NO2/c1-13-8-6-7-11-17(13)20-12-16-14(2)21-18(19-16)15-9-4-3-5-10-15/h3-11H,12H2,1-2H3. The lowest BCUT2D eigenvalue weighted by molar-refractivity contribution is 0.297. The molecule has 3 rings (SSSR count). The van der Waals surface area contributed by atoms with Crippen molar-refractivity contribution in [1.29, 1.82) is 0 Å². The van der Waals surface area contributed by atoms with Gasteiger partial charge in [-0.1, -0.05) is 36.4 Å². The SMILES string of the molecule is Cc1ccccc1OCc1nc(-c2ccccc2)oc1C. The molecule has 3 heteroatoms. The molecule has 0 fully saturated rings. The molecule has 1 aromatic heterocycles. The number of hydrogen-bond donors (Lipinski definition) is 0. The molecule has 0 saturated heterocycles. The van der Waals surface area contributed by atoms with Crippen molar-refractivity contribution in [2.24, 2.45) is 0 Å². The minimum Gasteiger partial charge on any atom is -0.487 e. The summed E-state index contributed by atoms with van der Waals surface area (Å²) in [5.74, 6) is 2.31. The van der Waals surface area contributed by atoms with Crippen LogP contribution in [-0.4, -0.2) is 4.98 Å². The van der Waals surface area contributed by atoms with E-state index in [-0.39, 0.29) is 0 Å². The molecular weight excluding hydrogens is 262 g/mol. The molecule has 0 unspecified atom stereocenters. The van der Waals surface area contributed by atoms with Crippen LogP contribution in [-0.2, 0) is 6.61 Å². The van der Waals surface area contributed by atoms with Gasteiger partial charge in [0.25, 0.3) is 0 Å². The number of rotatable bonds is 4. The fraction of sp³-hybridized carbons (Fsp3) is 0.167. The van der Waals surface area contributed by atoms with E-state index in [1.807, 2.05) is 68.4 Å². The molecule has 21 heavy (non-hydrogen) atoms. The molecule has 1 heterocycles. The topological polar surface area (TPSA) is 35.3 Å². The number of aromatic nitrogens is 1. The van der Waals surface area contributed by atoms with Crippen molar-refractivity contribution < 1.29 is 9.15 Å². The summed E-state index contributed by atoms with van der Waals surface area (Å²) < 4.78 is 11.6. The third-order valence-electron chi connectivity index (χ3n) is 3.37. The van der Waals surface area contributed by atoms with Gasteiger partial charge in [-0.25, -0.2) is 4.98 Å². The molecule has 106 valence electrons. The first-order valence-corrected chi connectivity index (χ1v) is 6.94. The van der Waals surface area contributed by atoms with Crippen LogP contribution in [0.2, 0.25) is 0 Å². The summed E-state index contributed by atoms with van der Waals surface area (Å²) in [6, 6.07) is 17.8. The summed E-state index contributed by atoms with van der Waals surface area (Å²) in [7, 11) is 0. The van der Waals surface area contributed by atoms with Gasteiger partial charge in [-0.2, -0.15) is 0 Å². The number of ether oxygens (including phenoxy) is 1. The fourth-order valence-corrected chi connectivity index (χ4v) is 2.13. The lowest BCUT2D eigenvalue weighted by Gasteiger charge is -2.06. The van der Waals surface area contributed by atoms with Gasteiger partial charge in [-0.15, -0.1) is 0 Å². The maximum absolute atomic E-state index is 5.83. The van der Waals surface area contributed by atoms with Crippen molar-refractivity contribution in [2.45, 2.75) is 20.5 Å². The normalized spacial score (nSPS) is 10.6. The Kier molecular flexibility index (Phi) is 3.73. The Morgan fingerprint density at radius 1 is 0.952 bits per heavy atom. The lowest BCUT2D eigenvalue weighted by Crippen LogP contribution is -1.98. The Balaban J connectivity index is 1.78. The van der Waals surface area contributed by atoms with Crippen LogP contribution in [0, 0.1) is 13.8 Å². The molecule has 2 aromatic carbocycles. The zero-order chi connectivity index (χ0) is 14.7. The number of nitrogens with zero attached hydrogens (tertiary/aromatic N) is 1. The van der Waals surface area contributed by atoms with Crippen LogP contribution in [0.1, 0.15) is 17.0 Å². The Hall–Kier alpha value is -2.55. The molecule has 0 atom stereocenters. The van der Waals surface area contributed by atoms with Gasteiger partial charge < -0.3 is 9.15 Å². The van der Waals surface area contributed by atoms with Crippen LogP contribution in [0.15, 0.2) is 59.0 Å². The van der Waals surface area contributed by atoms with E-state index in [2.05, 4.69) is 4.98 Å².